The van der Waals surface area contributed by atoms with Gasteiger partial charge in [-0.3, -0.25) is 0 Å². The van der Waals surface area contributed by atoms with Crippen molar-refractivity contribution in [1.82, 2.24) is 15.0 Å². The van der Waals surface area contributed by atoms with Gasteiger partial charge in [-0.2, -0.15) is 4.80 Å². The smallest absolute Gasteiger partial charge is 0.127 e. The average molecular weight is 373 g/mol. The first kappa shape index (κ1) is 18.0. The van der Waals surface area contributed by atoms with Gasteiger partial charge in [-0.05, 0) is 48.2 Å². The van der Waals surface area contributed by atoms with Gasteiger partial charge in [0, 0.05) is 22.8 Å². The van der Waals surface area contributed by atoms with E-state index >= 15 is 0 Å². The predicted octanol–water partition coefficient (Wildman–Crippen LogP) is 5.10. The lowest BCUT2D eigenvalue weighted by molar-refractivity contribution is 0.446. The lowest BCUT2D eigenvalue weighted by Gasteiger charge is -2.23. The van der Waals surface area contributed by atoms with Crippen molar-refractivity contribution in [2.75, 3.05) is 0 Å². The van der Waals surface area contributed by atoms with Crippen molar-refractivity contribution in [3.05, 3.63) is 65.7 Å². The van der Waals surface area contributed by atoms with Crippen molar-refractivity contribution in [1.29, 1.82) is 0 Å². The topological polar surface area (TPSA) is 71.2 Å². The van der Waals surface area contributed by atoms with Crippen LogP contribution in [-0.2, 0) is 5.41 Å². The second-order valence-electron chi connectivity index (χ2n) is 8.14. The molecule has 0 amide bonds. The molecule has 4 rings (SSSR count). The lowest BCUT2D eigenvalue weighted by Crippen LogP contribution is -2.12. The van der Waals surface area contributed by atoms with Gasteiger partial charge < -0.3 is 10.2 Å². The molecule has 0 unspecified atom stereocenters. The van der Waals surface area contributed by atoms with Crippen molar-refractivity contribution in [3.8, 4) is 28.3 Å². The summed E-state index contributed by atoms with van der Waals surface area (Å²) in [4.78, 5) is 1.50. The molecule has 0 radical (unpaired) electrons. The van der Waals surface area contributed by atoms with Crippen LogP contribution in [0.5, 0.6) is 11.5 Å². The average Bonchev–Trinajstić information content (AvgIpc) is 3.07. The zero-order valence-electron chi connectivity index (χ0n) is 16.4. The van der Waals surface area contributed by atoms with Crippen molar-refractivity contribution in [3.63, 3.8) is 0 Å². The van der Waals surface area contributed by atoms with Crippen LogP contribution in [0.2, 0.25) is 0 Å². The van der Waals surface area contributed by atoms with Crippen LogP contribution in [0.15, 0.2) is 54.6 Å². The fourth-order valence-corrected chi connectivity index (χ4v) is 3.40. The summed E-state index contributed by atoms with van der Waals surface area (Å²) in [7, 11) is 0. The molecule has 0 aliphatic carbocycles. The molecule has 5 heteroatoms. The molecule has 0 spiro atoms. The number of hydrogen-bond donors (Lipinski definition) is 2. The Balaban J connectivity index is 1.82. The molecule has 2 N–H and O–H groups in total. The van der Waals surface area contributed by atoms with Gasteiger partial charge in [-0.25, -0.2) is 0 Å². The Kier molecular flexibility index (Phi) is 4.11. The molecule has 0 saturated heterocycles. The van der Waals surface area contributed by atoms with E-state index in [1.54, 1.807) is 12.1 Å². The molecule has 0 aliphatic heterocycles. The van der Waals surface area contributed by atoms with Crippen LogP contribution >= 0.6 is 0 Å². The van der Waals surface area contributed by atoms with Crippen molar-refractivity contribution < 1.29 is 10.2 Å². The van der Waals surface area contributed by atoms with Crippen molar-refractivity contribution in [2.45, 2.75) is 33.1 Å². The maximum atomic E-state index is 10.9. The highest BCUT2D eigenvalue weighted by Gasteiger charge is 2.22. The maximum Gasteiger partial charge on any atom is 0.127 e. The molecular formula is C23H23N3O2. The van der Waals surface area contributed by atoms with Gasteiger partial charge >= 0.3 is 0 Å². The van der Waals surface area contributed by atoms with Gasteiger partial charge in [0.15, 0.2) is 0 Å². The Bertz CT molecular complexity index is 1150. The molecule has 0 saturated carbocycles. The van der Waals surface area contributed by atoms with E-state index in [0.29, 0.717) is 16.8 Å². The third-order valence-electron chi connectivity index (χ3n) is 4.85. The first-order chi connectivity index (χ1) is 13.2. The molecule has 0 fully saturated rings. The summed E-state index contributed by atoms with van der Waals surface area (Å²) in [5, 5.41) is 30.5. The molecule has 28 heavy (non-hydrogen) atoms. The Labute approximate surface area is 163 Å². The summed E-state index contributed by atoms with van der Waals surface area (Å²) in [6.45, 7) is 8.16. The van der Waals surface area contributed by atoms with E-state index in [2.05, 4.69) is 31.0 Å². The fourth-order valence-electron chi connectivity index (χ4n) is 3.40. The van der Waals surface area contributed by atoms with E-state index in [9.17, 15) is 10.2 Å². The van der Waals surface area contributed by atoms with Crippen LogP contribution in [-0.4, -0.2) is 25.2 Å². The van der Waals surface area contributed by atoms with Gasteiger partial charge in [-0.1, -0.05) is 39.0 Å². The molecule has 5 nitrogen and oxygen atoms in total. The lowest BCUT2D eigenvalue weighted by atomic mass is 9.83. The minimum atomic E-state index is -0.209. The third kappa shape index (κ3) is 3.09. The third-order valence-corrected chi connectivity index (χ3v) is 4.85. The minimum Gasteiger partial charge on any atom is -0.507 e. The number of benzene rings is 3. The Morgan fingerprint density at radius 2 is 1.46 bits per heavy atom. The normalized spacial score (nSPS) is 11.9. The summed E-state index contributed by atoms with van der Waals surface area (Å²) < 4.78 is 0. The summed E-state index contributed by atoms with van der Waals surface area (Å²) >= 11 is 0. The molecular weight excluding hydrogens is 350 g/mol. The Morgan fingerprint density at radius 1 is 0.821 bits per heavy atom. The van der Waals surface area contributed by atoms with Crippen LogP contribution in [0.4, 0.5) is 0 Å². The van der Waals surface area contributed by atoms with E-state index in [0.717, 1.165) is 22.2 Å². The highest BCUT2D eigenvalue weighted by molar-refractivity contribution is 5.79. The second kappa shape index (κ2) is 6.37. The summed E-state index contributed by atoms with van der Waals surface area (Å²) in [5.74, 6) is 0.267. The number of aromatic nitrogens is 3. The van der Waals surface area contributed by atoms with Crippen LogP contribution in [0.1, 0.15) is 31.9 Å². The molecule has 0 atom stereocenters. The second-order valence-corrected chi connectivity index (χ2v) is 8.14. The number of fused-ring (bicyclic) bond motifs is 1. The van der Waals surface area contributed by atoms with Crippen LogP contribution < -0.4 is 0 Å². The number of phenolic OH excluding ortho intramolecular Hbond substituents is 2. The monoisotopic (exact) mass is 373 g/mol. The Morgan fingerprint density at radius 3 is 2.04 bits per heavy atom. The van der Waals surface area contributed by atoms with Crippen LogP contribution in [0, 0.1) is 6.92 Å². The quantitative estimate of drug-likeness (QED) is 0.512. The minimum absolute atomic E-state index is 0.0691. The highest BCUT2D eigenvalue weighted by Crippen LogP contribution is 2.42. The van der Waals surface area contributed by atoms with Gasteiger partial charge in [0.05, 0.1) is 5.69 Å². The molecule has 1 heterocycles. The van der Waals surface area contributed by atoms with Crippen LogP contribution in [0.25, 0.3) is 27.8 Å². The van der Waals surface area contributed by atoms with E-state index in [4.69, 9.17) is 0 Å². The maximum absolute atomic E-state index is 10.9. The van der Waals surface area contributed by atoms with Gasteiger partial charge in [0.1, 0.15) is 22.5 Å². The molecule has 142 valence electrons. The number of aromatic hydroxyl groups is 2. The highest BCUT2D eigenvalue weighted by atomic mass is 16.3. The zero-order valence-corrected chi connectivity index (χ0v) is 16.4. The zero-order chi connectivity index (χ0) is 20.1. The fraction of sp³-hybridized carbons (Fsp3) is 0.217. The van der Waals surface area contributed by atoms with Gasteiger partial charge in [-0.15, -0.1) is 10.2 Å². The van der Waals surface area contributed by atoms with Crippen molar-refractivity contribution in [2.24, 2.45) is 0 Å². The van der Waals surface area contributed by atoms with E-state index < -0.39 is 0 Å². The SMILES string of the molecule is Cc1cc(-c2ccc(-n3nc4ccccc4n3)cc2O)c(O)c(C(C)(C)C)c1. The van der Waals surface area contributed by atoms with Crippen molar-refractivity contribution >= 4 is 11.0 Å². The number of rotatable bonds is 2. The van der Waals surface area contributed by atoms with Crippen LogP contribution in [0.3, 0.4) is 0 Å². The summed E-state index contributed by atoms with van der Waals surface area (Å²) in [6, 6.07) is 16.7. The van der Waals surface area contributed by atoms with Gasteiger partial charge in [0.2, 0.25) is 0 Å². The first-order valence-electron chi connectivity index (χ1n) is 9.24. The molecule has 4 aromatic rings. The number of nitrogens with zero attached hydrogens (tertiary/aromatic N) is 3. The summed E-state index contributed by atoms with van der Waals surface area (Å²) in [6.07, 6.45) is 0. The molecule has 0 aliphatic rings. The Hall–Kier alpha value is -3.34. The first-order valence-corrected chi connectivity index (χ1v) is 9.24. The van der Waals surface area contributed by atoms with E-state index in [1.165, 1.54) is 4.80 Å². The molecule has 0 bridgehead atoms. The molecule has 1 aromatic heterocycles. The standard InChI is InChI=1S/C23H23N3O2/c1-14-11-17(22(28)18(12-14)23(2,3)4)16-10-9-15(13-21(16)27)26-24-19-7-5-6-8-20(19)25-26/h5-13,27-28H,1-4H3. The van der Waals surface area contributed by atoms with E-state index in [1.807, 2.05) is 49.4 Å². The molecule has 3 aromatic carbocycles. The summed E-state index contributed by atoms with van der Waals surface area (Å²) in [5.41, 5.74) is 5.10. The van der Waals surface area contributed by atoms with Gasteiger partial charge in [0.25, 0.3) is 0 Å². The number of phenols is 2. The number of aryl methyl sites for hydroxylation is 1. The largest absolute Gasteiger partial charge is 0.507 e. The predicted molar refractivity (Wildman–Crippen MR) is 111 cm³/mol. The van der Waals surface area contributed by atoms with E-state index in [-0.39, 0.29) is 16.9 Å². The number of hydrogen-bond acceptors (Lipinski definition) is 4.